The molecule has 0 radical (unpaired) electrons. The molecule has 0 unspecified atom stereocenters. The molecule has 0 fully saturated rings. The fourth-order valence-corrected chi connectivity index (χ4v) is 1.23. The van der Waals surface area contributed by atoms with Crippen LogP contribution in [0, 0.1) is 16.7 Å². The topological polar surface area (TPSA) is 124 Å². The SMILES string of the molecule is CCOC(=O)c1ccccc1N/N=C(\C#N)C(=N)N. The van der Waals surface area contributed by atoms with Crippen LogP contribution in [0.4, 0.5) is 5.69 Å². The Balaban J connectivity index is 2.99. The van der Waals surface area contributed by atoms with Crippen molar-refractivity contribution in [2.45, 2.75) is 6.92 Å². The molecule has 0 bridgehead atoms. The number of nitrogens with one attached hydrogen (secondary N) is 2. The predicted octanol–water partition coefficient (Wildman–Crippen LogP) is 1.09. The zero-order valence-corrected chi connectivity index (χ0v) is 10.3. The lowest BCUT2D eigenvalue weighted by Crippen LogP contribution is -2.22. The van der Waals surface area contributed by atoms with E-state index in [0.29, 0.717) is 5.69 Å². The van der Waals surface area contributed by atoms with Crippen LogP contribution < -0.4 is 11.2 Å². The molecule has 7 heteroatoms. The van der Waals surface area contributed by atoms with Gasteiger partial charge in [-0.2, -0.15) is 10.4 Å². The van der Waals surface area contributed by atoms with Crippen LogP contribution in [-0.2, 0) is 4.74 Å². The maximum Gasteiger partial charge on any atom is 0.340 e. The molecule has 0 atom stereocenters. The van der Waals surface area contributed by atoms with Gasteiger partial charge in [-0.3, -0.25) is 10.8 Å². The Morgan fingerprint density at radius 2 is 2.26 bits per heavy atom. The van der Waals surface area contributed by atoms with Gasteiger partial charge in [-0.1, -0.05) is 12.1 Å². The molecule has 1 aromatic rings. The van der Waals surface area contributed by atoms with Crippen molar-refractivity contribution in [1.29, 1.82) is 10.7 Å². The van der Waals surface area contributed by atoms with Gasteiger partial charge >= 0.3 is 5.97 Å². The van der Waals surface area contributed by atoms with E-state index >= 15 is 0 Å². The van der Waals surface area contributed by atoms with Crippen molar-refractivity contribution >= 4 is 23.2 Å². The number of anilines is 1. The Bertz CT molecular complexity index is 559. The summed E-state index contributed by atoms with van der Waals surface area (Å²) in [5.74, 6) is -0.953. The van der Waals surface area contributed by atoms with E-state index in [1.54, 1.807) is 37.3 Å². The first-order chi connectivity index (χ1) is 9.10. The van der Waals surface area contributed by atoms with Gasteiger partial charge in [0.05, 0.1) is 17.9 Å². The van der Waals surface area contributed by atoms with Gasteiger partial charge in [0.1, 0.15) is 6.07 Å². The average molecular weight is 259 g/mol. The number of carbonyl (C=O) groups is 1. The molecule has 4 N–H and O–H groups in total. The highest BCUT2D eigenvalue weighted by molar-refractivity contribution is 6.45. The fraction of sp³-hybridized carbons (Fsp3) is 0.167. The summed E-state index contributed by atoms with van der Waals surface area (Å²) in [6.07, 6.45) is 0. The van der Waals surface area contributed by atoms with Crippen LogP contribution in [-0.4, -0.2) is 24.1 Å². The number of hydrogen-bond donors (Lipinski definition) is 3. The smallest absolute Gasteiger partial charge is 0.340 e. The summed E-state index contributed by atoms with van der Waals surface area (Å²) in [5.41, 5.74) is 8.08. The normalized spacial score (nSPS) is 10.4. The number of esters is 1. The summed E-state index contributed by atoms with van der Waals surface area (Å²) in [5, 5.41) is 19.5. The zero-order chi connectivity index (χ0) is 14.3. The minimum Gasteiger partial charge on any atom is -0.462 e. The van der Waals surface area contributed by atoms with Gasteiger partial charge in [-0.25, -0.2) is 4.79 Å². The van der Waals surface area contributed by atoms with Gasteiger partial charge < -0.3 is 10.5 Å². The van der Waals surface area contributed by atoms with Crippen molar-refractivity contribution in [3.05, 3.63) is 29.8 Å². The van der Waals surface area contributed by atoms with E-state index in [0.717, 1.165) is 0 Å². The highest BCUT2D eigenvalue weighted by Gasteiger charge is 2.11. The van der Waals surface area contributed by atoms with Gasteiger partial charge in [0.25, 0.3) is 0 Å². The second-order valence-electron chi connectivity index (χ2n) is 3.36. The summed E-state index contributed by atoms with van der Waals surface area (Å²) in [7, 11) is 0. The number of rotatable bonds is 5. The van der Waals surface area contributed by atoms with Crippen LogP contribution in [0.3, 0.4) is 0 Å². The monoisotopic (exact) mass is 259 g/mol. The summed E-state index contributed by atoms with van der Waals surface area (Å²) in [6, 6.07) is 8.21. The van der Waals surface area contributed by atoms with E-state index in [2.05, 4.69) is 10.5 Å². The maximum absolute atomic E-state index is 11.7. The van der Waals surface area contributed by atoms with Gasteiger partial charge in [0, 0.05) is 0 Å². The minimum atomic E-state index is -0.498. The zero-order valence-electron chi connectivity index (χ0n) is 10.3. The Hall–Kier alpha value is -2.88. The number of benzene rings is 1. The van der Waals surface area contributed by atoms with Gasteiger partial charge in [-0.15, -0.1) is 0 Å². The molecule has 19 heavy (non-hydrogen) atoms. The highest BCUT2D eigenvalue weighted by Crippen LogP contribution is 2.16. The van der Waals surface area contributed by atoms with Crippen molar-refractivity contribution in [2.75, 3.05) is 12.0 Å². The summed E-state index contributed by atoms with van der Waals surface area (Å²) >= 11 is 0. The molecule has 0 aromatic heterocycles. The summed E-state index contributed by atoms with van der Waals surface area (Å²) < 4.78 is 4.89. The largest absolute Gasteiger partial charge is 0.462 e. The van der Waals surface area contributed by atoms with Crippen LogP contribution in [0.15, 0.2) is 29.4 Å². The molecule has 0 saturated heterocycles. The summed E-state index contributed by atoms with van der Waals surface area (Å²) in [6.45, 7) is 1.96. The summed E-state index contributed by atoms with van der Waals surface area (Å²) in [4.78, 5) is 11.7. The third kappa shape index (κ3) is 3.81. The first-order valence-electron chi connectivity index (χ1n) is 5.44. The first-order valence-corrected chi connectivity index (χ1v) is 5.44. The molecule has 1 rings (SSSR count). The lowest BCUT2D eigenvalue weighted by molar-refractivity contribution is 0.0527. The van der Waals surface area contributed by atoms with Crippen LogP contribution in [0.2, 0.25) is 0 Å². The van der Waals surface area contributed by atoms with E-state index in [1.165, 1.54) is 0 Å². The molecule has 0 aliphatic heterocycles. The van der Waals surface area contributed by atoms with E-state index in [4.69, 9.17) is 21.1 Å². The number of nitrogens with two attached hydrogens (primary N) is 1. The van der Waals surface area contributed by atoms with Gasteiger partial charge in [0.2, 0.25) is 5.71 Å². The number of nitrogens with zero attached hydrogens (tertiary/aromatic N) is 2. The number of hydrazone groups is 1. The number of ether oxygens (including phenoxy) is 1. The van der Waals surface area contributed by atoms with Crippen LogP contribution >= 0.6 is 0 Å². The third-order valence-corrected chi connectivity index (χ3v) is 2.07. The van der Waals surface area contributed by atoms with Crippen molar-refractivity contribution in [3.8, 4) is 6.07 Å². The van der Waals surface area contributed by atoms with Crippen LogP contribution in [0.5, 0.6) is 0 Å². The second-order valence-corrected chi connectivity index (χ2v) is 3.36. The van der Waals surface area contributed by atoms with Crippen molar-refractivity contribution in [3.63, 3.8) is 0 Å². The standard InChI is InChI=1S/C12H13N5O2/c1-2-19-12(18)8-5-3-4-6-9(8)16-17-10(7-13)11(14)15/h3-6,16H,2H2,1H3,(H3,14,15)/b17-10+. The Kier molecular flexibility index (Phi) is 5.04. The molecule has 0 aliphatic rings. The van der Waals surface area contributed by atoms with Crippen LogP contribution in [0.25, 0.3) is 0 Å². The quantitative estimate of drug-likeness (QED) is 0.316. The number of para-hydroxylation sites is 1. The van der Waals surface area contributed by atoms with Crippen molar-refractivity contribution in [1.82, 2.24) is 0 Å². The Morgan fingerprint density at radius 3 is 2.84 bits per heavy atom. The molecule has 1 aromatic carbocycles. The van der Waals surface area contributed by atoms with E-state index in [9.17, 15) is 4.79 Å². The number of hydrogen-bond acceptors (Lipinski definition) is 6. The maximum atomic E-state index is 11.7. The third-order valence-electron chi connectivity index (χ3n) is 2.07. The van der Waals surface area contributed by atoms with Gasteiger partial charge in [-0.05, 0) is 19.1 Å². The fourth-order valence-electron chi connectivity index (χ4n) is 1.23. The number of amidine groups is 1. The minimum absolute atomic E-state index is 0.257. The molecule has 0 spiro atoms. The molecule has 0 saturated carbocycles. The number of nitriles is 1. The first kappa shape index (κ1) is 14.2. The van der Waals surface area contributed by atoms with Crippen LogP contribution in [0.1, 0.15) is 17.3 Å². The highest BCUT2D eigenvalue weighted by atomic mass is 16.5. The van der Waals surface area contributed by atoms with Crippen molar-refractivity contribution < 1.29 is 9.53 Å². The molecule has 0 aliphatic carbocycles. The lowest BCUT2D eigenvalue weighted by Gasteiger charge is -2.07. The van der Waals surface area contributed by atoms with Crippen molar-refractivity contribution in [2.24, 2.45) is 10.8 Å². The molecule has 0 heterocycles. The molecular formula is C12H13N5O2. The molecule has 98 valence electrons. The second kappa shape index (κ2) is 6.76. The molecular weight excluding hydrogens is 246 g/mol. The lowest BCUT2D eigenvalue weighted by atomic mass is 10.2. The Labute approximate surface area is 110 Å². The molecule has 7 nitrogen and oxygen atoms in total. The van der Waals surface area contributed by atoms with E-state index in [-0.39, 0.29) is 17.9 Å². The average Bonchev–Trinajstić information content (AvgIpc) is 2.39. The predicted molar refractivity (Wildman–Crippen MR) is 71.0 cm³/mol. The number of carbonyl (C=O) groups excluding carboxylic acids is 1. The van der Waals surface area contributed by atoms with E-state index in [1.807, 2.05) is 0 Å². The Morgan fingerprint density at radius 1 is 1.58 bits per heavy atom. The van der Waals surface area contributed by atoms with E-state index < -0.39 is 11.8 Å². The molecule has 0 amide bonds. The van der Waals surface area contributed by atoms with Gasteiger partial charge in [0.15, 0.2) is 5.84 Å².